The van der Waals surface area contributed by atoms with Gasteiger partial charge in [-0.2, -0.15) is 0 Å². The van der Waals surface area contributed by atoms with Gasteiger partial charge in [-0.3, -0.25) is 9.69 Å². The van der Waals surface area contributed by atoms with Crippen LogP contribution in [0.5, 0.6) is 0 Å². The Balaban J connectivity index is 1.34. The van der Waals surface area contributed by atoms with Gasteiger partial charge in [0.15, 0.2) is 0 Å². The predicted molar refractivity (Wildman–Crippen MR) is 97.4 cm³/mol. The Labute approximate surface area is 150 Å². The summed E-state index contributed by atoms with van der Waals surface area (Å²) >= 11 is 0. The van der Waals surface area contributed by atoms with Gasteiger partial charge < -0.3 is 15.2 Å². The number of hydrogen-bond acceptors (Lipinski definition) is 4. The fourth-order valence-corrected chi connectivity index (χ4v) is 3.82. The number of benzene rings is 1. The Kier molecular flexibility index (Phi) is 6.10. The van der Waals surface area contributed by atoms with E-state index in [1.54, 1.807) is 6.92 Å². The molecule has 1 aliphatic heterocycles. The predicted octanol–water partition coefficient (Wildman–Crippen LogP) is 1.77. The second-order valence-electron chi connectivity index (χ2n) is 7.81. The number of β-amino-alcohol motifs (C(OH)–C–C–N with tert-alkyl or cyclic N) is 1. The van der Waals surface area contributed by atoms with E-state index >= 15 is 0 Å². The molecule has 1 saturated carbocycles. The molecule has 138 valence electrons. The van der Waals surface area contributed by atoms with E-state index in [4.69, 9.17) is 4.74 Å². The second-order valence-corrected chi connectivity index (χ2v) is 7.81. The minimum Gasteiger partial charge on any atom is -0.387 e. The molecule has 0 spiro atoms. The van der Waals surface area contributed by atoms with Crippen molar-refractivity contribution in [2.24, 2.45) is 5.92 Å². The summed E-state index contributed by atoms with van der Waals surface area (Å²) in [6, 6.07) is 10.5. The number of nitrogens with one attached hydrogen (secondary N) is 1. The summed E-state index contributed by atoms with van der Waals surface area (Å²) in [6.45, 7) is 5.77. The summed E-state index contributed by atoms with van der Waals surface area (Å²) < 4.78 is 5.32. The number of morpholine rings is 1. The van der Waals surface area contributed by atoms with Gasteiger partial charge in [0, 0.05) is 32.6 Å². The molecule has 1 heterocycles. The number of aliphatic hydroxyl groups is 1. The van der Waals surface area contributed by atoms with Crippen LogP contribution in [0.1, 0.15) is 37.7 Å². The van der Waals surface area contributed by atoms with Crippen LogP contribution in [0.2, 0.25) is 0 Å². The van der Waals surface area contributed by atoms with Gasteiger partial charge >= 0.3 is 0 Å². The fraction of sp³-hybridized carbons (Fsp3) is 0.650. The molecular weight excluding hydrogens is 316 g/mol. The molecule has 25 heavy (non-hydrogen) atoms. The summed E-state index contributed by atoms with van der Waals surface area (Å²) in [7, 11) is 0. The molecular formula is C20H30N2O3. The van der Waals surface area contributed by atoms with Crippen LogP contribution >= 0.6 is 0 Å². The molecule has 2 N–H and O–H groups in total. The van der Waals surface area contributed by atoms with Gasteiger partial charge in [0.1, 0.15) is 0 Å². The highest BCUT2D eigenvalue weighted by Crippen LogP contribution is 2.43. The maximum atomic E-state index is 12.2. The third-order valence-corrected chi connectivity index (χ3v) is 5.32. The molecule has 3 rings (SSSR count). The van der Waals surface area contributed by atoms with Crippen LogP contribution in [0.4, 0.5) is 0 Å². The summed E-state index contributed by atoms with van der Waals surface area (Å²) in [6.07, 6.45) is 2.74. The molecule has 5 heteroatoms. The molecule has 2 fully saturated rings. The lowest BCUT2D eigenvalue weighted by molar-refractivity contribution is -0.124. The molecule has 1 aromatic carbocycles. The van der Waals surface area contributed by atoms with E-state index in [0.29, 0.717) is 44.6 Å². The zero-order chi connectivity index (χ0) is 17.7. The first-order valence-corrected chi connectivity index (χ1v) is 9.36. The highest BCUT2D eigenvalue weighted by Gasteiger charge is 2.32. The van der Waals surface area contributed by atoms with Crippen molar-refractivity contribution in [3.63, 3.8) is 0 Å². The van der Waals surface area contributed by atoms with Gasteiger partial charge in [0.25, 0.3) is 0 Å². The first-order valence-electron chi connectivity index (χ1n) is 9.36. The SMILES string of the molecule is C[C@](O)(CNC(=O)CC1CC(c2ccccc2)C1)CN1CCOCC1. The normalized spacial score (nSPS) is 26.5. The zero-order valence-electron chi connectivity index (χ0n) is 15.1. The van der Waals surface area contributed by atoms with Crippen molar-refractivity contribution in [1.29, 1.82) is 0 Å². The van der Waals surface area contributed by atoms with Crippen molar-refractivity contribution >= 4 is 5.91 Å². The van der Waals surface area contributed by atoms with Crippen LogP contribution in [0.3, 0.4) is 0 Å². The smallest absolute Gasteiger partial charge is 0.220 e. The van der Waals surface area contributed by atoms with Gasteiger partial charge in [-0.1, -0.05) is 30.3 Å². The first kappa shape index (κ1) is 18.4. The van der Waals surface area contributed by atoms with E-state index in [1.807, 2.05) is 6.07 Å². The molecule has 0 bridgehead atoms. The topological polar surface area (TPSA) is 61.8 Å². The van der Waals surface area contributed by atoms with E-state index < -0.39 is 5.60 Å². The lowest BCUT2D eigenvalue weighted by atomic mass is 9.70. The van der Waals surface area contributed by atoms with Gasteiger partial charge in [-0.15, -0.1) is 0 Å². The maximum absolute atomic E-state index is 12.2. The molecule has 2 aliphatic rings. The van der Waals surface area contributed by atoms with Gasteiger partial charge in [-0.25, -0.2) is 0 Å². The number of nitrogens with zero attached hydrogens (tertiary/aromatic N) is 1. The van der Waals surface area contributed by atoms with Crippen LogP contribution in [0, 0.1) is 5.92 Å². The highest BCUT2D eigenvalue weighted by atomic mass is 16.5. The summed E-state index contributed by atoms with van der Waals surface area (Å²) in [4.78, 5) is 14.4. The van der Waals surface area contributed by atoms with Crippen LogP contribution in [0.15, 0.2) is 30.3 Å². The largest absolute Gasteiger partial charge is 0.387 e. The molecule has 0 radical (unpaired) electrons. The summed E-state index contributed by atoms with van der Waals surface area (Å²) in [5.41, 5.74) is 0.478. The monoisotopic (exact) mass is 346 g/mol. The molecule has 1 atom stereocenters. The first-order chi connectivity index (χ1) is 12.0. The molecule has 1 aromatic rings. The molecule has 5 nitrogen and oxygen atoms in total. The third-order valence-electron chi connectivity index (χ3n) is 5.32. The Morgan fingerprint density at radius 1 is 1.28 bits per heavy atom. The number of rotatable bonds is 7. The molecule has 0 aromatic heterocycles. The molecule has 0 unspecified atom stereocenters. The van der Waals surface area contributed by atoms with Crippen LogP contribution in [-0.2, 0) is 9.53 Å². The van der Waals surface area contributed by atoms with Crippen molar-refractivity contribution in [3.8, 4) is 0 Å². The van der Waals surface area contributed by atoms with Crippen molar-refractivity contribution in [3.05, 3.63) is 35.9 Å². The van der Waals surface area contributed by atoms with Crippen LogP contribution < -0.4 is 5.32 Å². The standard InChI is InChI=1S/C20H30N2O3/c1-20(24,15-22-7-9-25-10-8-22)14-21-19(23)13-16-11-18(12-16)17-5-3-2-4-6-17/h2-6,16,18,24H,7-15H2,1H3,(H,21,23)/t16?,18?,20-/m0/s1. The number of amides is 1. The van der Waals surface area contributed by atoms with Crippen molar-refractivity contribution in [2.45, 2.75) is 37.7 Å². The number of hydrogen-bond donors (Lipinski definition) is 2. The number of ether oxygens (including phenoxy) is 1. The van der Waals surface area contributed by atoms with Gasteiger partial charge in [0.05, 0.1) is 18.8 Å². The van der Waals surface area contributed by atoms with E-state index in [2.05, 4.69) is 34.5 Å². The lowest BCUT2D eigenvalue weighted by Gasteiger charge is -2.36. The van der Waals surface area contributed by atoms with Gasteiger partial charge in [0.2, 0.25) is 5.91 Å². The molecule has 1 amide bonds. The van der Waals surface area contributed by atoms with E-state index in [0.717, 1.165) is 25.9 Å². The quantitative estimate of drug-likeness (QED) is 0.790. The fourth-order valence-electron chi connectivity index (χ4n) is 3.82. The second kappa shape index (κ2) is 8.30. The van der Waals surface area contributed by atoms with Crippen molar-refractivity contribution in [2.75, 3.05) is 39.4 Å². The average Bonchev–Trinajstić information content (AvgIpc) is 2.57. The Bertz CT molecular complexity index is 549. The summed E-state index contributed by atoms with van der Waals surface area (Å²) in [5, 5.41) is 13.4. The number of carbonyl (C=O) groups excluding carboxylic acids is 1. The van der Waals surface area contributed by atoms with Crippen molar-refractivity contribution in [1.82, 2.24) is 10.2 Å². The highest BCUT2D eigenvalue weighted by molar-refractivity contribution is 5.76. The minimum absolute atomic E-state index is 0.0544. The van der Waals surface area contributed by atoms with E-state index in [-0.39, 0.29) is 5.91 Å². The molecule has 1 saturated heterocycles. The van der Waals surface area contributed by atoms with Gasteiger partial charge in [-0.05, 0) is 37.2 Å². The van der Waals surface area contributed by atoms with Crippen LogP contribution in [-0.4, -0.2) is 60.9 Å². The maximum Gasteiger partial charge on any atom is 0.220 e. The lowest BCUT2D eigenvalue weighted by Crippen LogP contribution is -2.51. The summed E-state index contributed by atoms with van der Waals surface area (Å²) in [5.74, 6) is 1.12. The average molecular weight is 346 g/mol. The van der Waals surface area contributed by atoms with E-state index in [1.165, 1.54) is 5.56 Å². The third kappa shape index (κ3) is 5.53. The Morgan fingerprint density at radius 2 is 1.96 bits per heavy atom. The Hall–Kier alpha value is -1.43. The Morgan fingerprint density at radius 3 is 2.64 bits per heavy atom. The number of carbonyl (C=O) groups is 1. The van der Waals surface area contributed by atoms with E-state index in [9.17, 15) is 9.90 Å². The minimum atomic E-state index is -0.904. The zero-order valence-corrected chi connectivity index (χ0v) is 15.1. The molecule has 1 aliphatic carbocycles. The van der Waals surface area contributed by atoms with Crippen molar-refractivity contribution < 1.29 is 14.6 Å². The van der Waals surface area contributed by atoms with Crippen LogP contribution in [0.25, 0.3) is 0 Å².